The zero-order chi connectivity index (χ0) is 57.8. The molecule has 80 heavy (non-hydrogen) atoms. The molecule has 0 aromatic carbocycles. The molecule has 0 radical (unpaired) electrons. The van der Waals surface area contributed by atoms with Crippen molar-refractivity contribution < 1.29 is 28.6 Å². The van der Waals surface area contributed by atoms with Crippen LogP contribution in [0.25, 0.3) is 0 Å². The minimum absolute atomic E-state index is 0.0840. The summed E-state index contributed by atoms with van der Waals surface area (Å²) < 4.78 is 16.9. The highest BCUT2D eigenvalue weighted by molar-refractivity contribution is 5.71. The van der Waals surface area contributed by atoms with E-state index in [1.807, 2.05) is 0 Å². The van der Waals surface area contributed by atoms with Gasteiger partial charge in [0.05, 0.1) is 0 Å². The van der Waals surface area contributed by atoms with E-state index in [0.29, 0.717) is 19.3 Å². The molecule has 0 aromatic rings. The van der Waals surface area contributed by atoms with E-state index in [4.69, 9.17) is 14.2 Å². The molecule has 0 spiro atoms. The smallest absolute Gasteiger partial charge is 0.306 e. The average molecular weight is 1110 g/mol. The van der Waals surface area contributed by atoms with Gasteiger partial charge >= 0.3 is 17.9 Å². The van der Waals surface area contributed by atoms with Crippen molar-refractivity contribution in [3.8, 4) is 0 Å². The van der Waals surface area contributed by atoms with E-state index in [-0.39, 0.29) is 31.1 Å². The number of unbranched alkanes of at least 4 members (excludes halogenated alkanes) is 29. The van der Waals surface area contributed by atoms with Crippen LogP contribution in [0.15, 0.2) is 122 Å². The van der Waals surface area contributed by atoms with Gasteiger partial charge in [-0.2, -0.15) is 0 Å². The summed E-state index contributed by atoms with van der Waals surface area (Å²) in [7, 11) is 0. The van der Waals surface area contributed by atoms with E-state index in [0.717, 1.165) is 128 Å². The molecule has 0 fully saturated rings. The lowest BCUT2D eigenvalue weighted by molar-refractivity contribution is -0.167. The van der Waals surface area contributed by atoms with Crippen molar-refractivity contribution in [1.29, 1.82) is 0 Å². The Morgan fingerprint density at radius 3 is 0.787 bits per heavy atom. The largest absolute Gasteiger partial charge is 0.462 e. The molecule has 0 aliphatic rings. The van der Waals surface area contributed by atoms with Gasteiger partial charge in [-0.1, -0.05) is 296 Å². The van der Waals surface area contributed by atoms with Crippen LogP contribution in [0.5, 0.6) is 0 Å². The molecule has 0 saturated carbocycles. The van der Waals surface area contributed by atoms with Gasteiger partial charge in [0.15, 0.2) is 6.10 Å². The van der Waals surface area contributed by atoms with Crippen molar-refractivity contribution >= 4 is 17.9 Å². The molecule has 1 atom stereocenters. The summed E-state index contributed by atoms with van der Waals surface area (Å²) in [5.41, 5.74) is 0. The second-order valence-corrected chi connectivity index (χ2v) is 22.0. The number of allylic oxidation sites excluding steroid dienone is 20. The normalized spacial score (nSPS) is 12.9. The van der Waals surface area contributed by atoms with Crippen molar-refractivity contribution in [2.24, 2.45) is 0 Å². The first kappa shape index (κ1) is 75.8. The number of carbonyl (C=O) groups is 3. The lowest BCUT2D eigenvalue weighted by atomic mass is 10.0. The first-order chi connectivity index (χ1) is 39.5. The Balaban J connectivity index is 4.24. The summed E-state index contributed by atoms with van der Waals surface area (Å²) in [6.45, 7) is 6.51. The lowest BCUT2D eigenvalue weighted by Crippen LogP contribution is -2.30. The van der Waals surface area contributed by atoms with Gasteiger partial charge in [-0.25, -0.2) is 0 Å². The van der Waals surface area contributed by atoms with Crippen molar-refractivity contribution in [1.82, 2.24) is 0 Å². The Kier molecular flexibility index (Phi) is 63.8. The lowest BCUT2D eigenvalue weighted by Gasteiger charge is -2.18. The first-order valence-corrected chi connectivity index (χ1v) is 33.5. The molecular formula is C74H124O6. The van der Waals surface area contributed by atoms with Crippen molar-refractivity contribution in [2.75, 3.05) is 13.2 Å². The maximum Gasteiger partial charge on any atom is 0.306 e. The summed E-state index contributed by atoms with van der Waals surface area (Å²) in [5, 5.41) is 0. The van der Waals surface area contributed by atoms with E-state index >= 15 is 0 Å². The van der Waals surface area contributed by atoms with Crippen LogP contribution in [-0.2, 0) is 28.6 Å². The molecule has 0 amide bonds. The maximum atomic E-state index is 12.9. The van der Waals surface area contributed by atoms with E-state index in [1.165, 1.54) is 141 Å². The molecule has 0 aliphatic heterocycles. The Labute approximate surface area is 494 Å². The maximum absolute atomic E-state index is 12.9. The third kappa shape index (κ3) is 64.6. The third-order valence-corrected chi connectivity index (χ3v) is 14.2. The summed E-state index contributed by atoms with van der Waals surface area (Å²) in [6, 6.07) is 0. The Hall–Kier alpha value is -4.19. The number of ether oxygens (including phenoxy) is 3. The van der Waals surface area contributed by atoms with Crippen LogP contribution < -0.4 is 0 Å². The summed E-state index contributed by atoms with van der Waals surface area (Å²) in [4.78, 5) is 38.3. The first-order valence-electron chi connectivity index (χ1n) is 33.5. The van der Waals surface area contributed by atoms with Gasteiger partial charge in [0.2, 0.25) is 0 Å². The number of carbonyl (C=O) groups excluding carboxylic acids is 3. The van der Waals surface area contributed by atoms with Gasteiger partial charge in [0.25, 0.3) is 0 Å². The summed E-state index contributed by atoms with van der Waals surface area (Å²) >= 11 is 0. The second-order valence-electron chi connectivity index (χ2n) is 22.0. The van der Waals surface area contributed by atoms with E-state index in [1.54, 1.807) is 0 Å². The molecule has 6 heteroatoms. The number of esters is 3. The minimum Gasteiger partial charge on any atom is -0.462 e. The van der Waals surface area contributed by atoms with Crippen LogP contribution in [0, 0.1) is 0 Å². The molecule has 0 aliphatic carbocycles. The van der Waals surface area contributed by atoms with Crippen LogP contribution in [0.4, 0.5) is 0 Å². The monoisotopic (exact) mass is 1110 g/mol. The predicted octanol–water partition coefficient (Wildman–Crippen LogP) is 23.2. The van der Waals surface area contributed by atoms with Gasteiger partial charge in [-0.15, -0.1) is 0 Å². The number of hydrogen-bond donors (Lipinski definition) is 0. The van der Waals surface area contributed by atoms with Crippen molar-refractivity contribution in [3.05, 3.63) is 122 Å². The molecule has 456 valence electrons. The molecule has 0 saturated heterocycles. The fraction of sp³-hybridized carbons (Fsp3) is 0.689. The standard InChI is InChI=1S/C74H124O6/c1-4-7-10-13-16-19-22-25-27-28-29-30-31-32-33-34-35-36-37-38-39-40-41-42-43-44-45-46-47-50-52-55-58-61-64-67-73(76)79-70-71(69-78-72(75)66-63-60-57-54-51-48-24-21-18-15-12-9-6-3)80-74(77)68-65-62-59-56-53-49-26-23-20-17-14-11-8-5-2/h7,10,16,19,21,24-25,27,29-30,32-33,35-36,38-39,41-42,44-45,71H,4-6,8-9,11-15,17-18,20,22-23,26,28,31,34,37,40,43,46-70H2,1-3H3/b10-7-,19-16-,24-21-,27-25-,30-29-,33-32-,36-35-,39-38-,42-41-,45-44-. The fourth-order valence-electron chi connectivity index (χ4n) is 9.20. The zero-order valence-electron chi connectivity index (χ0n) is 52.3. The van der Waals surface area contributed by atoms with Crippen molar-refractivity contribution in [2.45, 2.75) is 316 Å². The SMILES string of the molecule is CC/C=C\C/C=C\C/C=C\C/C=C\C/C=C\C/C=C\C/C=C\C/C=C\C/C=C\CCCCCCCCCC(=O)OCC(COC(=O)CCCCCCC/C=C\CCCCCC)OC(=O)CCCCCCCCCCCCCCCC. The molecule has 0 bridgehead atoms. The van der Waals surface area contributed by atoms with Crippen LogP contribution in [0.3, 0.4) is 0 Å². The van der Waals surface area contributed by atoms with E-state index < -0.39 is 6.10 Å². The number of hydrogen-bond acceptors (Lipinski definition) is 6. The van der Waals surface area contributed by atoms with Crippen molar-refractivity contribution in [3.63, 3.8) is 0 Å². The number of rotatable bonds is 60. The van der Waals surface area contributed by atoms with E-state index in [9.17, 15) is 14.4 Å². The highest BCUT2D eigenvalue weighted by Crippen LogP contribution is 2.16. The summed E-state index contributed by atoms with van der Waals surface area (Å²) in [6.07, 6.45) is 93.5. The van der Waals surface area contributed by atoms with Gasteiger partial charge in [-0.3, -0.25) is 14.4 Å². The zero-order valence-corrected chi connectivity index (χ0v) is 52.3. The molecule has 1 unspecified atom stereocenters. The van der Waals surface area contributed by atoms with Gasteiger partial charge < -0.3 is 14.2 Å². The van der Waals surface area contributed by atoms with E-state index in [2.05, 4.69) is 142 Å². The third-order valence-electron chi connectivity index (χ3n) is 14.2. The Bertz CT molecular complexity index is 1650. The highest BCUT2D eigenvalue weighted by Gasteiger charge is 2.19. The molecule has 0 rings (SSSR count). The summed E-state index contributed by atoms with van der Waals surface area (Å²) in [5.74, 6) is -0.895. The fourth-order valence-corrected chi connectivity index (χ4v) is 9.20. The van der Waals surface area contributed by atoms with Crippen LogP contribution in [0.2, 0.25) is 0 Å². The predicted molar refractivity (Wildman–Crippen MR) is 348 cm³/mol. The molecule has 0 heterocycles. The topological polar surface area (TPSA) is 78.9 Å². The Morgan fingerprint density at radius 1 is 0.263 bits per heavy atom. The molecular weight excluding hydrogens is 985 g/mol. The van der Waals surface area contributed by atoms with Gasteiger partial charge in [0, 0.05) is 19.3 Å². The molecule has 6 nitrogen and oxygen atoms in total. The van der Waals surface area contributed by atoms with Crippen LogP contribution >= 0.6 is 0 Å². The van der Waals surface area contributed by atoms with Crippen LogP contribution in [0.1, 0.15) is 310 Å². The van der Waals surface area contributed by atoms with Gasteiger partial charge in [-0.05, 0) is 116 Å². The highest BCUT2D eigenvalue weighted by atomic mass is 16.6. The second kappa shape index (κ2) is 67.3. The van der Waals surface area contributed by atoms with Crippen LogP contribution in [-0.4, -0.2) is 37.2 Å². The quantitative estimate of drug-likeness (QED) is 0.0261. The minimum atomic E-state index is -0.786. The average Bonchev–Trinajstić information content (AvgIpc) is 3.46. The Morgan fingerprint density at radius 2 is 0.487 bits per heavy atom. The molecule has 0 aromatic heterocycles. The van der Waals surface area contributed by atoms with Gasteiger partial charge in [0.1, 0.15) is 13.2 Å². The molecule has 0 N–H and O–H groups in total.